The fraction of sp³-hybridized carbons (Fsp3) is 0.417. The highest BCUT2D eigenvalue weighted by atomic mass is 35.5. The standard InChI is InChI=1S/C24H23ClF4N6O/c1-35-11-32-20(21(35)22(36)33-16-2-3-19(26)18(25)8-16)14-4-12-6-17(7-13(12)5-14)34-23-30-9-15(10-31-23)24(27,28)29/h2-3,8-14,17H,4-7H2,1H3,(H,33,36)(H,30,31,34). The number of aromatic nitrogens is 4. The van der Waals surface area contributed by atoms with Gasteiger partial charge in [-0.25, -0.2) is 19.3 Å². The maximum atomic E-state index is 13.5. The van der Waals surface area contributed by atoms with E-state index in [1.54, 1.807) is 17.9 Å². The van der Waals surface area contributed by atoms with Gasteiger partial charge >= 0.3 is 6.18 Å². The molecule has 5 rings (SSSR count). The summed E-state index contributed by atoms with van der Waals surface area (Å²) in [5.41, 5.74) is 0.694. The predicted molar refractivity (Wildman–Crippen MR) is 125 cm³/mol. The molecule has 2 aromatic heterocycles. The molecular weight excluding hydrogens is 500 g/mol. The summed E-state index contributed by atoms with van der Waals surface area (Å²) in [6.07, 6.45) is 2.12. The highest BCUT2D eigenvalue weighted by Crippen LogP contribution is 2.51. The van der Waals surface area contributed by atoms with Crippen molar-refractivity contribution < 1.29 is 22.4 Å². The molecule has 0 radical (unpaired) electrons. The smallest absolute Gasteiger partial charge is 0.351 e. The zero-order valence-electron chi connectivity index (χ0n) is 19.2. The van der Waals surface area contributed by atoms with Crippen molar-refractivity contribution in [2.45, 2.75) is 43.8 Å². The molecule has 190 valence electrons. The molecule has 2 unspecified atom stereocenters. The Kier molecular flexibility index (Phi) is 6.36. The number of halogens is 5. The number of rotatable bonds is 5. The lowest BCUT2D eigenvalue weighted by Gasteiger charge is -2.17. The quantitative estimate of drug-likeness (QED) is 0.422. The average molecular weight is 523 g/mol. The topological polar surface area (TPSA) is 84.7 Å². The second-order valence-electron chi connectivity index (χ2n) is 9.47. The third kappa shape index (κ3) is 4.88. The van der Waals surface area contributed by atoms with Gasteiger partial charge in [0.25, 0.3) is 5.91 Å². The predicted octanol–water partition coefficient (Wildman–Crippen LogP) is 5.66. The Morgan fingerprint density at radius 3 is 2.36 bits per heavy atom. The summed E-state index contributed by atoms with van der Waals surface area (Å²) in [6.45, 7) is 0. The van der Waals surface area contributed by atoms with Gasteiger partial charge in [0.15, 0.2) is 0 Å². The van der Waals surface area contributed by atoms with Crippen molar-refractivity contribution in [2.75, 3.05) is 10.6 Å². The number of carbonyl (C=O) groups is 1. The summed E-state index contributed by atoms with van der Waals surface area (Å²) < 4.78 is 53.3. The molecule has 2 saturated carbocycles. The van der Waals surface area contributed by atoms with Crippen molar-refractivity contribution in [2.24, 2.45) is 18.9 Å². The van der Waals surface area contributed by atoms with Gasteiger partial charge in [-0.2, -0.15) is 13.2 Å². The van der Waals surface area contributed by atoms with Gasteiger partial charge in [-0.15, -0.1) is 0 Å². The number of imidazole rings is 1. The summed E-state index contributed by atoms with van der Waals surface area (Å²) >= 11 is 5.83. The fourth-order valence-corrected chi connectivity index (χ4v) is 5.66. The number of alkyl halides is 3. The van der Waals surface area contributed by atoms with Gasteiger partial charge in [-0.3, -0.25) is 4.79 Å². The zero-order valence-corrected chi connectivity index (χ0v) is 19.9. The number of hydrogen-bond donors (Lipinski definition) is 2. The lowest BCUT2D eigenvalue weighted by molar-refractivity contribution is -0.138. The molecule has 0 aliphatic heterocycles. The molecule has 36 heavy (non-hydrogen) atoms. The van der Waals surface area contributed by atoms with Crippen LogP contribution in [0, 0.1) is 17.7 Å². The molecule has 2 atom stereocenters. The number of amides is 1. The number of aryl methyl sites for hydroxylation is 1. The van der Waals surface area contributed by atoms with Gasteiger partial charge in [0.2, 0.25) is 5.95 Å². The zero-order chi connectivity index (χ0) is 25.6. The van der Waals surface area contributed by atoms with E-state index in [0.29, 0.717) is 23.2 Å². The third-order valence-electron chi connectivity index (χ3n) is 7.07. The van der Waals surface area contributed by atoms with Crippen LogP contribution in [0.1, 0.15) is 53.3 Å². The van der Waals surface area contributed by atoms with Crippen LogP contribution in [-0.4, -0.2) is 31.5 Å². The van der Waals surface area contributed by atoms with Crippen LogP contribution < -0.4 is 10.6 Å². The molecule has 1 amide bonds. The number of nitrogens with one attached hydrogen (secondary N) is 2. The van der Waals surface area contributed by atoms with E-state index in [1.807, 2.05) is 0 Å². The minimum Gasteiger partial charge on any atom is -0.351 e. The van der Waals surface area contributed by atoms with Gasteiger partial charge in [-0.05, 0) is 55.7 Å². The minimum atomic E-state index is -4.47. The minimum absolute atomic E-state index is 0.0763. The molecule has 2 N–H and O–H groups in total. The molecule has 2 heterocycles. The van der Waals surface area contributed by atoms with E-state index in [-0.39, 0.29) is 28.8 Å². The monoisotopic (exact) mass is 522 g/mol. The molecular formula is C24H23ClF4N6O. The van der Waals surface area contributed by atoms with Crippen molar-refractivity contribution in [1.82, 2.24) is 19.5 Å². The third-order valence-corrected chi connectivity index (χ3v) is 7.36. The first-order valence-electron chi connectivity index (χ1n) is 11.5. The van der Waals surface area contributed by atoms with E-state index in [4.69, 9.17) is 11.6 Å². The summed E-state index contributed by atoms with van der Waals surface area (Å²) in [5, 5.41) is 5.85. The Hall–Kier alpha value is -3.21. The highest BCUT2D eigenvalue weighted by Gasteiger charge is 2.44. The summed E-state index contributed by atoms with van der Waals surface area (Å²) in [6, 6.07) is 4.08. The SMILES string of the molecule is Cn1cnc(C2CC3CC(Nc4ncc(C(F)(F)F)cn4)CC3C2)c1C(=O)Nc1ccc(F)c(Cl)c1. The number of fused-ring (bicyclic) bond motifs is 1. The Morgan fingerprint density at radius 2 is 1.75 bits per heavy atom. The van der Waals surface area contributed by atoms with Crippen LogP contribution in [0.3, 0.4) is 0 Å². The highest BCUT2D eigenvalue weighted by molar-refractivity contribution is 6.31. The molecule has 2 fully saturated rings. The Morgan fingerprint density at radius 1 is 1.08 bits per heavy atom. The molecule has 0 spiro atoms. The summed E-state index contributed by atoms with van der Waals surface area (Å²) in [4.78, 5) is 25.2. The molecule has 0 saturated heterocycles. The Balaban J connectivity index is 1.22. The van der Waals surface area contributed by atoms with Gasteiger partial charge < -0.3 is 15.2 Å². The van der Waals surface area contributed by atoms with Gasteiger partial charge in [-0.1, -0.05) is 11.6 Å². The maximum Gasteiger partial charge on any atom is 0.419 e. The van der Waals surface area contributed by atoms with E-state index >= 15 is 0 Å². The average Bonchev–Trinajstić information content (AvgIpc) is 3.49. The second-order valence-corrected chi connectivity index (χ2v) is 9.87. The number of benzene rings is 1. The van der Waals surface area contributed by atoms with Gasteiger partial charge in [0, 0.05) is 37.1 Å². The van der Waals surface area contributed by atoms with E-state index in [0.717, 1.165) is 43.8 Å². The van der Waals surface area contributed by atoms with Crippen molar-refractivity contribution in [3.05, 3.63) is 64.7 Å². The number of anilines is 2. The molecule has 2 aliphatic rings. The summed E-state index contributed by atoms with van der Waals surface area (Å²) in [5.74, 6) is 0.192. The lowest BCUT2D eigenvalue weighted by Crippen LogP contribution is -2.20. The van der Waals surface area contributed by atoms with E-state index < -0.39 is 17.6 Å². The van der Waals surface area contributed by atoms with Crippen LogP contribution in [0.4, 0.5) is 29.2 Å². The molecule has 3 aromatic rings. The van der Waals surface area contributed by atoms with Crippen LogP contribution in [0.15, 0.2) is 36.9 Å². The van der Waals surface area contributed by atoms with Crippen molar-refractivity contribution in [3.63, 3.8) is 0 Å². The summed E-state index contributed by atoms with van der Waals surface area (Å²) in [7, 11) is 1.75. The maximum absolute atomic E-state index is 13.5. The molecule has 7 nitrogen and oxygen atoms in total. The van der Waals surface area contributed by atoms with Crippen LogP contribution in [0.2, 0.25) is 5.02 Å². The molecule has 1 aromatic carbocycles. The van der Waals surface area contributed by atoms with Crippen molar-refractivity contribution in [1.29, 1.82) is 0 Å². The largest absolute Gasteiger partial charge is 0.419 e. The molecule has 12 heteroatoms. The second kappa shape index (κ2) is 9.34. The first kappa shape index (κ1) is 24.5. The fourth-order valence-electron chi connectivity index (χ4n) is 5.48. The van der Waals surface area contributed by atoms with Crippen molar-refractivity contribution in [3.8, 4) is 0 Å². The Bertz CT molecular complexity index is 1260. The molecule has 0 bridgehead atoms. The number of hydrogen-bond acceptors (Lipinski definition) is 5. The van der Waals surface area contributed by atoms with Crippen LogP contribution in [0.25, 0.3) is 0 Å². The van der Waals surface area contributed by atoms with E-state index in [9.17, 15) is 22.4 Å². The first-order chi connectivity index (χ1) is 17.1. The van der Waals surface area contributed by atoms with Gasteiger partial charge in [0.1, 0.15) is 11.5 Å². The van der Waals surface area contributed by atoms with Crippen LogP contribution >= 0.6 is 11.6 Å². The number of carbonyl (C=O) groups excluding carboxylic acids is 1. The van der Waals surface area contributed by atoms with Crippen molar-refractivity contribution >= 4 is 29.1 Å². The van der Waals surface area contributed by atoms with E-state index in [2.05, 4.69) is 25.6 Å². The molecule has 2 aliphatic carbocycles. The van der Waals surface area contributed by atoms with Crippen LogP contribution in [-0.2, 0) is 13.2 Å². The number of nitrogens with zero attached hydrogens (tertiary/aromatic N) is 4. The van der Waals surface area contributed by atoms with Crippen LogP contribution in [0.5, 0.6) is 0 Å². The van der Waals surface area contributed by atoms with E-state index in [1.165, 1.54) is 18.2 Å². The first-order valence-corrected chi connectivity index (χ1v) is 11.9. The lowest BCUT2D eigenvalue weighted by atomic mass is 9.97. The Labute approximate surface area is 209 Å². The van der Waals surface area contributed by atoms with Gasteiger partial charge in [0.05, 0.1) is 22.6 Å². The normalized spacial score (nSPS) is 23.5.